The van der Waals surface area contributed by atoms with E-state index in [9.17, 15) is 14.9 Å². The SMILES string of the molecule is CCCn1c(=NC(=O)c2ccc([N+](=O)[O-])s2)sc2cc3c(cc21)OCO3. The number of thiophene rings is 1. The van der Waals surface area contributed by atoms with E-state index in [1.54, 1.807) is 0 Å². The summed E-state index contributed by atoms with van der Waals surface area (Å²) in [7, 11) is 0. The first-order valence-corrected chi connectivity index (χ1v) is 9.46. The summed E-state index contributed by atoms with van der Waals surface area (Å²) in [5.74, 6) is 0.862. The van der Waals surface area contributed by atoms with Crippen molar-refractivity contribution < 1.29 is 19.2 Å². The Morgan fingerprint density at radius 2 is 2.08 bits per heavy atom. The van der Waals surface area contributed by atoms with Gasteiger partial charge < -0.3 is 14.0 Å². The number of aromatic nitrogens is 1. The summed E-state index contributed by atoms with van der Waals surface area (Å²) < 4.78 is 13.7. The molecule has 134 valence electrons. The molecule has 8 nitrogen and oxygen atoms in total. The third-order valence-electron chi connectivity index (χ3n) is 3.80. The van der Waals surface area contributed by atoms with Crippen LogP contribution in [-0.2, 0) is 6.54 Å². The number of carbonyl (C=O) groups excluding carboxylic acids is 1. The lowest BCUT2D eigenvalue weighted by Crippen LogP contribution is -2.16. The van der Waals surface area contributed by atoms with Crippen LogP contribution >= 0.6 is 22.7 Å². The summed E-state index contributed by atoms with van der Waals surface area (Å²) in [5.41, 5.74) is 0.921. The molecule has 26 heavy (non-hydrogen) atoms. The Morgan fingerprint density at radius 3 is 2.77 bits per heavy atom. The maximum atomic E-state index is 12.4. The Kier molecular flexibility index (Phi) is 4.21. The van der Waals surface area contributed by atoms with Crippen LogP contribution < -0.4 is 14.3 Å². The normalized spacial score (nSPS) is 13.5. The quantitative estimate of drug-likeness (QED) is 0.500. The first-order chi connectivity index (χ1) is 12.6. The fraction of sp³-hybridized carbons (Fsp3) is 0.250. The zero-order chi connectivity index (χ0) is 18.3. The van der Waals surface area contributed by atoms with Gasteiger partial charge >= 0.3 is 5.00 Å². The number of nitrogens with zero attached hydrogens (tertiary/aromatic N) is 3. The molecule has 10 heteroatoms. The number of aryl methyl sites for hydroxylation is 1. The van der Waals surface area contributed by atoms with Crippen LogP contribution in [-0.4, -0.2) is 22.2 Å². The average Bonchev–Trinajstić information content (AvgIpc) is 3.32. The van der Waals surface area contributed by atoms with Gasteiger partial charge in [-0.15, -0.1) is 0 Å². The zero-order valence-corrected chi connectivity index (χ0v) is 15.3. The highest BCUT2D eigenvalue weighted by atomic mass is 32.1. The second-order valence-corrected chi connectivity index (χ2v) is 7.59. The van der Waals surface area contributed by atoms with Crippen molar-refractivity contribution in [3.05, 3.63) is 44.1 Å². The fourth-order valence-corrected chi connectivity index (χ4v) is 4.44. The van der Waals surface area contributed by atoms with Crippen molar-refractivity contribution in [3.8, 4) is 11.5 Å². The maximum absolute atomic E-state index is 12.4. The molecule has 1 amide bonds. The molecule has 0 saturated carbocycles. The van der Waals surface area contributed by atoms with Crippen LogP contribution in [0, 0.1) is 10.1 Å². The molecule has 0 saturated heterocycles. The minimum atomic E-state index is -0.514. The van der Waals surface area contributed by atoms with E-state index >= 15 is 0 Å². The molecule has 0 unspecified atom stereocenters. The van der Waals surface area contributed by atoms with Crippen molar-refractivity contribution in [2.24, 2.45) is 4.99 Å². The highest BCUT2D eigenvalue weighted by Gasteiger charge is 2.19. The van der Waals surface area contributed by atoms with Crippen LogP contribution in [0.25, 0.3) is 10.2 Å². The molecule has 1 aliphatic rings. The number of carbonyl (C=O) groups is 1. The summed E-state index contributed by atoms with van der Waals surface area (Å²) >= 11 is 2.20. The molecular weight excluding hydrogens is 378 g/mol. The van der Waals surface area contributed by atoms with E-state index in [2.05, 4.69) is 4.99 Å². The molecular formula is C16H13N3O5S2. The first-order valence-electron chi connectivity index (χ1n) is 7.83. The van der Waals surface area contributed by atoms with Crippen molar-refractivity contribution in [1.82, 2.24) is 4.57 Å². The molecule has 4 rings (SSSR count). The minimum Gasteiger partial charge on any atom is -0.454 e. The van der Waals surface area contributed by atoms with Crippen molar-refractivity contribution in [2.45, 2.75) is 19.9 Å². The van der Waals surface area contributed by atoms with Gasteiger partial charge in [-0.1, -0.05) is 29.6 Å². The molecule has 2 aromatic heterocycles. The highest BCUT2D eigenvalue weighted by molar-refractivity contribution is 7.17. The van der Waals surface area contributed by atoms with Gasteiger partial charge in [0.15, 0.2) is 16.3 Å². The average molecular weight is 391 g/mol. The van der Waals surface area contributed by atoms with Crippen molar-refractivity contribution >= 4 is 43.8 Å². The third-order valence-corrected chi connectivity index (χ3v) is 5.87. The Bertz CT molecular complexity index is 1100. The number of rotatable bonds is 4. The van der Waals surface area contributed by atoms with E-state index in [1.807, 2.05) is 23.6 Å². The number of ether oxygens (including phenoxy) is 2. The molecule has 3 aromatic rings. The van der Waals surface area contributed by atoms with Gasteiger partial charge in [0.2, 0.25) is 6.79 Å². The van der Waals surface area contributed by atoms with Crippen molar-refractivity contribution in [2.75, 3.05) is 6.79 Å². The van der Waals surface area contributed by atoms with Gasteiger partial charge in [0.25, 0.3) is 5.91 Å². The Labute approximate surface area is 155 Å². The number of fused-ring (bicyclic) bond motifs is 2. The predicted octanol–water partition coefficient (Wildman–Crippen LogP) is 3.55. The topological polar surface area (TPSA) is 96.0 Å². The van der Waals surface area contributed by atoms with Crippen LogP contribution in [0.5, 0.6) is 11.5 Å². The molecule has 1 aromatic carbocycles. The molecule has 3 heterocycles. The lowest BCUT2D eigenvalue weighted by molar-refractivity contribution is -0.380. The number of hydrogen-bond acceptors (Lipinski definition) is 7. The second-order valence-electron chi connectivity index (χ2n) is 5.52. The van der Waals surface area contributed by atoms with Crippen molar-refractivity contribution in [1.29, 1.82) is 0 Å². The molecule has 1 aliphatic heterocycles. The number of nitro groups is 1. The van der Waals surface area contributed by atoms with E-state index in [4.69, 9.17) is 9.47 Å². The van der Waals surface area contributed by atoms with Crippen molar-refractivity contribution in [3.63, 3.8) is 0 Å². The number of thiazole rings is 1. The first kappa shape index (κ1) is 16.7. The van der Waals surface area contributed by atoms with Gasteiger partial charge in [-0.05, 0) is 12.5 Å². The van der Waals surface area contributed by atoms with E-state index < -0.39 is 10.8 Å². The number of benzene rings is 1. The zero-order valence-electron chi connectivity index (χ0n) is 13.6. The molecule has 0 atom stereocenters. The van der Waals surface area contributed by atoms with Gasteiger partial charge in [-0.3, -0.25) is 14.9 Å². The third kappa shape index (κ3) is 2.86. The smallest absolute Gasteiger partial charge is 0.324 e. The summed E-state index contributed by atoms with van der Waals surface area (Å²) in [6.45, 7) is 2.93. The lowest BCUT2D eigenvalue weighted by atomic mass is 10.3. The van der Waals surface area contributed by atoms with Crippen LogP contribution in [0.3, 0.4) is 0 Å². The largest absolute Gasteiger partial charge is 0.454 e. The number of hydrogen-bond donors (Lipinski definition) is 0. The summed E-state index contributed by atoms with van der Waals surface area (Å²) in [6.07, 6.45) is 0.867. The van der Waals surface area contributed by atoms with E-state index in [0.29, 0.717) is 22.8 Å². The molecule has 0 bridgehead atoms. The fourth-order valence-electron chi connectivity index (χ4n) is 2.67. The van der Waals surface area contributed by atoms with Gasteiger partial charge in [0, 0.05) is 24.7 Å². The van der Waals surface area contributed by atoms with E-state index in [0.717, 1.165) is 28.0 Å². The minimum absolute atomic E-state index is 0.0768. The standard InChI is InChI=1S/C16H13N3O5S2/c1-2-5-18-9-6-10-11(24-8-23-10)7-13(9)26-16(18)17-15(20)12-3-4-14(25-12)19(21)22/h3-4,6-7H,2,5,8H2,1H3. The Morgan fingerprint density at radius 1 is 1.31 bits per heavy atom. The number of amides is 1. The highest BCUT2D eigenvalue weighted by Crippen LogP contribution is 2.37. The van der Waals surface area contributed by atoms with Crippen LogP contribution in [0.4, 0.5) is 5.00 Å². The van der Waals surface area contributed by atoms with Crippen LogP contribution in [0.2, 0.25) is 0 Å². The Balaban J connectivity index is 1.81. The summed E-state index contributed by atoms with van der Waals surface area (Å²) in [5, 5.41) is 10.7. The molecule has 0 radical (unpaired) electrons. The predicted molar refractivity (Wildman–Crippen MR) is 97.1 cm³/mol. The second kappa shape index (κ2) is 6.54. The summed E-state index contributed by atoms with van der Waals surface area (Å²) in [6, 6.07) is 6.53. The van der Waals surface area contributed by atoms with E-state index in [-0.39, 0.29) is 16.7 Å². The summed E-state index contributed by atoms with van der Waals surface area (Å²) in [4.78, 5) is 27.7. The van der Waals surface area contributed by atoms with Crippen LogP contribution in [0.15, 0.2) is 29.3 Å². The van der Waals surface area contributed by atoms with Gasteiger partial charge in [-0.25, -0.2) is 0 Å². The Hall–Kier alpha value is -2.72. The van der Waals surface area contributed by atoms with Crippen LogP contribution in [0.1, 0.15) is 23.0 Å². The molecule has 0 aliphatic carbocycles. The lowest BCUT2D eigenvalue weighted by Gasteiger charge is -2.03. The van der Waals surface area contributed by atoms with Gasteiger partial charge in [-0.2, -0.15) is 4.99 Å². The maximum Gasteiger partial charge on any atom is 0.324 e. The van der Waals surface area contributed by atoms with Gasteiger partial charge in [0.05, 0.1) is 15.1 Å². The monoisotopic (exact) mass is 391 g/mol. The van der Waals surface area contributed by atoms with Gasteiger partial charge in [0.1, 0.15) is 4.88 Å². The molecule has 0 spiro atoms. The van der Waals surface area contributed by atoms with E-state index in [1.165, 1.54) is 23.5 Å². The molecule has 0 fully saturated rings. The molecule has 0 N–H and O–H groups in total.